The highest BCUT2D eigenvalue weighted by Crippen LogP contribution is 2.43. The number of rotatable bonds is 36. The maximum Gasteiger partial charge on any atom is 0.472 e. The highest BCUT2D eigenvalue weighted by atomic mass is 31.2. The third-order valence-electron chi connectivity index (χ3n) is 7.86. The number of unbranched alkanes of at least 4 members (excludes halogenated alkanes) is 22. The Balaban J connectivity index is 4.08. The number of phosphoric ester groups is 1. The number of aliphatic hydroxyl groups is 2. The Bertz CT molecular complexity index is 595. The van der Waals surface area contributed by atoms with Gasteiger partial charge >= 0.3 is 7.82 Å². The van der Waals surface area contributed by atoms with E-state index in [1.54, 1.807) is 0 Å². The van der Waals surface area contributed by atoms with E-state index < -0.39 is 33.2 Å². The molecule has 0 rings (SSSR count). The molecule has 0 aliphatic heterocycles. The summed E-state index contributed by atoms with van der Waals surface area (Å²) < 4.78 is 33.8. The van der Waals surface area contributed by atoms with Gasteiger partial charge in [0, 0.05) is 13.2 Å². The molecule has 9 heteroatoms. The maximum atomic E-state index is 12.2. The van der Waals surface area contributed by atoms with Crippen molar-refractivity contribution >= 4 is 7.82 Å². The molecule has 0 heterocycles. The number of hydrogen-bond donors (Lipinski definition) is 3. The molecule has 3 atom stereocenters. The summed E-state index contributed by atoms with van der Waals surface area (Å²) in [4.78, 5) is 9.91. The molecule has 0 aromatic rings. The van der Waals surface area contributed by atoms with Crippen molar-refractivity contribution in [1.29, 1.82) is 0 Å². The Morgan fingerprint density at radius 3 is 1.33 bits per heavy atom. The Morgan fingerprint density at radius 1 is 0.535 bits per heavy atom. The summed E-state index contributed by atoms with van der Waals surface area (Å²) >= 11 is 0. The summed E-state index contributed by atoms with van der Waals surface area (Å²) in [5.41, 5.74) is 0. The second-order valence-corrected chi connectivity index (χ2v) is 13.7. The standard InChI is InChI=1S/C34H71O8P/c1-3-5-7-9-11-13-15-17-19-21-23-25-27-39-31-34(32-42-43(37,38)41-30-33(36)29-35)40-28-26-24-22-20-18-16-14-12-10-8-6-4-2/h33-36H,3-32H2,1-2H3,(H,37,38)/t33-,34-/m1/s1. The highest BCUT2D eigenvalue weighted by Gasteiger charge is 2.25. The van der Waals surface area contributed by atoms with Gasteiger partial charge in [-0.2, -0.15) is 0 Å². The lowest BCUT2D eigenvalue weighted by Gasteiger charge is -2.20. The normalized spacial score (nSPS) is 14.6. The summed E-state index contributed by atoms with van der Waals surface area (Å²) in [7, 11) is -4.37. The van der Waals surface area contributed by atoms with Gasteiger partial charge < -0.3 is 24.6 Å². The summed E-state index contributed by atoms with van der Waals surface area (Å²) in [6.07, 6.45) is 29.0. The summed E-state index contributed by atoms with van der Waals surface area (Å²) in [6, 6.07) is 0. The van der Waals surface area contributed by atoms with Crippen LogP contribution in [0.25, 0.3) is 0 Å². The maximum absolute atomic E-state index is 12.2. The zero-order valence-corrected chi connectivity index (χ0v) is 29.1. The van der Waals surface area contributed by atoms with E-state index in [9.17, 15) is 14.6 Å². The molecule has 1 unspecified atom stereocenters. The van der Waals surface area contributed by atoms with Crippen LogP contribution >= 0.6 is 7.82 Å². The molecule has 8 nitrogen and oxygen atoms in total. The Labute approximate surface area is 265 Å². The molecule has 0 aliphatic rings. The average molecular weight is 639 g/mol. The first-order valence-electron chi connectivity index (χ1n) is 18.0. The van der Waals surface area contributed by atoms with Crippen molar-refractivity contribution < 1.29 is 38.2 Å². The van der Waals surface area contributed by atoms with Crippen LogP contribution in [-0.4, -0.2) is 67.0 Å². The minimum Gasteiger partial charge on any atom is -0.394 e. The molecule has 260 valence electrons. The van der Waals surface area contributed by atoms with E-state index in [4.69, 9.17) is 23.6 Å². The SMILES string of the molecule is CCCCCCCCCCCCCCOC[C@H](COP(=O)(O)OC[C@H](O)CO)OCCCCCCCCCCCCCC. The topological polar surface area (TPSA) is 115 Å². The molecule has 0 spiro atoms. The minimum atomic E-state index is -4.37. The van der Waals surface area contributed by atoms with E-state index >= 15 is 0 Å². The summed E-state index contributed by atoms with van der Waals surface area (Å²) in [6.45, 7) is 4.80. The lowest BCUT2D eigenvalue weighted by molar-refractivity contribution is -0.0462. The zero-order chi connectivity index (χ0) is 31.7. The Hall–Kier alpha value is -0.0500. The lowest BCUT2D eigenvalue weighted by atomic mass is 10.1. The smallest absolute Gasteiger partial charge is 0.394 e. The van der Waals surface area contributed by atoms with Gasteiger partial charge in [-0.05, 0) is 12.8 Å². The Kier molecular flexibility index (Phi) is 33.3. The van der Waals surface area contributed by atoms with Crippen LogP contribution in [0.5, 0.6) is 0 Å². The van der Waals surface area contributed by atoms with E-state index in [0.29, 0.717) is 13.2 Å². The second kappa shape index (κ2) is 33.3. The second-order valence-electron chi connectivity index (χ2n) is 12.2. The van der Waals surface area contributed by atoms with Crippen molar-refractivity contribution in [3.8, 4) is 0 Å². The molecule has 0 saturated carbocycles. The van der Waals surface area contributed by atoms with Gasteiger partial charge in [-0.3, -0.25) is 9.05 Å². The van der Waals surface area contributed by atoms with Crippen molar-refractivity contribution in [2.45, 2.75) is 180 Å². The third-order valence-corrected chi connectivity index (χ3v) is 8.81. The molecule has 0 amide bonds. The van der Waals surface area contributed by atoms with Crippen LogP contribution in [-0.2, 0) is 23.1 Å². The molecule has 0 fully saturated rings. The van der Waals surface area contributed by atoms with Crippen LogP contribution in [0.4, 0.5) is 0 Å². The van der Waals surface area contributed by atoms with Crippen molar-refractivity contribution in [3.05, 3.63) is 0 Å². The van der Waals surface area contributed by atoms with Gasteiger partial charge in [0.05, 0.1) is 26.4 Å². The molecule has 0 saturated heterocycles. The van der Waals surface area contributed by atoms with Crippen molar-refractivity contribution in [3.63, 3.8) is 0 Å². The monoisotopic (exact) mass is 638 g/mol. The largest absolute Gasteiger partial charge is 0.472 e. The fraction of sp³-hybridized carbons (Fsp3) is 1.00. The van der Waals surface area contributed by atoms with Crippen molar-refractivity contribution in [2.24, 2.45) is 0 Å². The molecule has 0 aliphatic carbocycles. The van der Waals surface area contributed by atoms with Gasteiger partial charge in [0.25, 0.3) is 0 Å². The molecular formula is C34H71O8P. The molecule has 0 radical (unpaired) electrons. The number of aliphatic hydroxyl groups excluding tert-OH is 2. The van der Waals surface area contributed by atoms with E-state index in [1.807, 2.05) is 0 Å². The third kappa shape index (κ3) is 33.1. The van der Waals surface area contributed by atoms with Crippen LogP contribution < -0.4 is 0 Å². The quantitative estimate of drug-likeness (QED) is 0.0460. The van der Waals surface area contributed by atoms with E-state index in [1.165, 1.54) is 128 Å². The number of hydrogen-bond acceptors (Lipinski definition) is 7. The van der Waals surface area contributed by atoms with Crippen LogP contribution in [0.3, 0.4) is 0 Å². The molecule has 0 aromatic carbocycles. The van der Waals surface area contributed by atoms with Crippen molar-refractivity contribution in [1.82, 2.24) is 0 Å². The minimum absolute atomic E-state index is 0.139. The molecule has 43 heavy (non-hydrogen) atoms. The molecule has 0 bridgehead atoms. The predicted octanol–water partition coefficient (Wildman–Crippen LogP) is 9.28. The van der Waals surface area contributed by atoms with E-state index in [2.05, 4.69) is 13.8 Å². The van der Waals surface area contributed by atoms with Crippen LogP contribution in [0.2, 0.25) is 0 Å². The Morgan fingerprint density at radius 2 is 0.907 bits per heavy atom. The predicted molar refractivity (Wildman–Crippen MR) is 178 cm³/mol. The fourth-order valence-corrected chi connectivity index (χ4v) is 5.83. The van der Waals surface area contributed by atoms with Crippen LogP contribution in [0, 0.1) is 0 Å². The van der Waals surface area contributed by atoms with Gasteiger partial charge in [0.1, 0.15) is 12.2 Å². The zero-order valence-electron chi connectivity index (χ0n) is 28.2. The summed E-state index contributed by atoms with van der Waals surface area (Å²) in [5.74, 6) is 0. The fourth-order valence-electron chi connectivity index (χ4n) is 5.04. The summed E-state index contributed by atoms with van der Waals surface area (Å²) in [5, 5.41) is 18.2. The van der Waals surface area contributed by atoms with E-state index in [-0.39, 0.29) is 13.2 Å². The lowest BCUT2D eigenvalue weighted by Crippen LogP contribution is -2.27. The van der Waals surface area contributed by atoms with Gasteiger partial charge in [-0.1, -0.05) is 155 Å². The first-order chi connectivity index (χ1) is 20.9. The molecule has 0 aromatic heterocycles. The molecule has 3 N–H and O–H groups in total. The van der Waals surface area contributed by atoms with E-state index in [0.717, 1.165) is 25.7 Å². The van der Waals surface area contributed by atoms with Gasteiger partial charge in [-0.25, -0.2) is 4.57 Å². The first-order valence-corrected chi connectivity index (χ1v) is 19.5. The highest BCUT2D eigenvalue weighted by molar-refractivity contribution is 7.47. The van der Waals surface area contributed by atoms with Crippen molar-refractivity contribution in [2.75, 3.05) is 39.6 Å². The molecular weight excluding hydrogens is 567 g/mol. The first kappa shape index (κ1) is 43.0. The van der Waals surface area contributed by atoms with Crippen LogP contribution in [0.15, 0.2) is 0 Å². The van der Waals surface area contributed by atoms with Gasteiger partial charge in [-0.15, -0.1) is 0 Å². The number of phosphoric acid groups is 1. The average Bonchev–Trinajstić information content (AvgIpc) is 3.00. The van der Waals surface area contributed by atoms with Crippen LogP contribution in [0.1, 0.15) is 168 Å². The number of ether oxygens (including phenoxy) is 2. The van der Waals surface area contributed by atoms with Gasteiger partial charge in [0.15, 0.2) is 0 Å². The van der Waals surface area contributed by atoms with Gasteiger partial charge in [0.2, 0.25) is 0 Å².